The molecule has 4 fully saturated rings. The minimum absolute atomic E-state index is 0.160. The summed E-state index contributed by atoms with van der Waals surface area (Å²) in [5, 5.41) is 1.57. The molecule has 0 N–H and O–H groups in total. The van der Waals surface area contributed by atoms with Crippen LogP contribution in [0.15, 0.2) is 6.07 Å². The second kappa shape index (κ2) is 7.35. The summed E-state index contributed by atoms with van der Waals surface area (Å²) in [6.07, 6.45) is 8.86. The van der Waals surface area contributed by atoms with Gasteiger partial charge in [0.2, 0.25) is 0 Å². The van der Waals surface area contributed by atoms with Crippen LogP contribution in [0.5, 0.6) is 6.01 Å². The van der Waals surface area contributed by atoms with E-state index in [0.717, 1.165) is 36.1 Å². The van der Waals surface area contributed by atoms with Gasteiger partial charge in [0.15, 0.2) is 5.65 Å². The van der Waals surface area contributed by atoms with Gasteiger partial charge in [-0.3, -0.25) is 4.90 Å². The average molecular weight is 448 g/mol. The lowest BCUT2D eigenvalue weighted by Crippen LogP contribution is -2.43. The number of pyridine rings is 1. The second-order valence-corrected chi connectivity index (χ2v) is 10.4. The molecule has 5 heterocycles. The third kappa shape index (κ3) is 3.23. The number of rotatable bonds is 4. The molecule has 6 nitrogen and oxygen atoms in total. The van der Waals surface area contributed by atoms with Crippen molar-refractivity contribution >= 4 is 40.1 Å². The Morgan fingerprint density at radius 2 is 1.77 bits per heavy atom. The first kappa shape index (κ1) is 19.3. The topological polar surface area (TPSA) is 54.4 Å². The summed E-state index contributed by atoms with van der Waals surface area (Å²) in [6, 6.07) is 2.27. The zero-order valence-corrected chi connectivity index (χ0v) is 18.6. The summed E-state index contributed by atoms with van der Waals surface area (Å²) in [7, 11) is 0. The summed E-state index contributed by atoms with van der Waals surface area (Å²) < 4.78 is 6.27. The maximum Gasteiger partial charge on any atom is 0.320 e. The summed E-state index contributed by atoms with van der Waals surface area (Å²) in [5.41, 5.74) is 0.725. The Labute approximate surface area is 186 Å². The molecule has 1 saturated carbocycles. The largest absolute Gasteiger partial charge is 0.461 e. The third-order valence-corrected chi connectivity index (χ3v) is 8.42. The summed E-state index contributed by atoms with van der Waals surface area (Å²) in [5.74, 6) is 2.39. The fourth-order valence-corrected chi connectivity index (χ4v) is 6.61. The molecule has 3 saturated heterocycles. The van der Waals surface area contributed by atoms with Gasteiger partial charge in [0.05, 0.1) is 15.9 Å². The van der Waals surface area contributed by atoms with Gasteiger partial charge in [-0.15, -0.1) is 0 Å². The Bertz CT molecular complexity index is 964. The molecule has 2 unspecified atom stereocenters. The summed E-state index contributed by atoms with van der Waals surface area (Å²) in [6.45, 7) is 5.06. The molecule has 1 aliphatic carbocycles. The number of halogens is 2. The van der Waals surface area contributed by atoms with Gasteiger partial charge in [-0.05, 0) is 75.9 Å². The lowest BCUT2D eigenvalue weighted by Gasteiger charge is -2.34. The normalized spacial score (nSPS) is 27.7. The number of piperidine rings is 1. The Hall–Kier alpha value is -1.37. The number of ether oxygens (including phenoxy) is 1. The molecule has 160 valence electrons. The number of aromatic nitrogens is 3. The quantitative estimate of drug-likeness (QED) is 0.639. The van der Waals surface area contributed by atoms with E-state index >= 15 is 0 Å². The predicted octanol–water partition coefficient (Wildman–Crippen LogP) is 4.58. The summed E-state index contributed by atoms with van der Waals surface area (Å²) in [4.78, 5) is 19.0. The fourth-order valence-electron chi connectivity index (χ4n) is 6.32. The van der Waals surface area contributed by atoms with E-state index in [1.807, 2.05) is 6.07 Å². The molecule has 2 aromatic rings. The zero-order valence-electron chi connectivity index (χ0n) is 17.1. The fraction of sp³-hybridized carbons (Fsp3) is 0.682. The van der Waals surface area contributed by atoms with Gasteiger partial charge in [-0.25, -0.2) is 4.98 Å². The first-order chi connectivity index (χ1) is 14.6. The van der Waals surface area contributed by atoms with Gasteiger partial charge in [0, 0.05) is 13.1 Å². The van der Waals surface area contributed by atoms with E-state index in [-0.39, 0.29) is 10.7 Å². The van der Waals surface area contributed by atoms with Crippen LogP contribution in [-0.2, 0) is 0 Å². The highest BCUT2D eigenvalue weighted by Gasteiger charge is 2.45. The predicted molar refractivity (Wildman–Crippen MR) is 119 cm³/mol. The van der Waals surface area contributed by atoms with Crippen molar-refractivity contribution < 1.29 is 4.74 Å². The second-order valence-electron chi connectivity index (χ2n) is 9.62. The molecule has 30 heavy (non-hydrogen) atoms. The molecule has 4 aliphatic rings. The Balaban J connectivity index is 1.35. The lowest BCUT2D eigenvalue weighted by molar-refractivity contribution is 0.108. The van der Waals surface area contributed by atoms with Crippen molar-refractivity contribution in [3.8, 4) is 6.01 Å². The molecule has 2 bridgehead atoms. The van der Waals surface area contributed by atoms with E-state index in [4.69, 9.17) is 32.9 Å². The van der Waals surface area contributed by atoms with Crippen LogP contribution in [0.4, 0.5) is 5.82 Å². The van der Waals surface area contributed by atoms with Crippen molar-refractivity contribution in [1.29, 1.82) is 0 Å². The lowest BCUT2D eigenvalue weighted by atomic mass is 9.95. The van der Waals surface area contributed by atoms with Crippen LogP contribution in [-0.4, -0.2) is 58.2 Å². The zero-order chi connectivity index (χ0) is 20.3. The molecule has 0 amide bonds. The molecule has 3 aliphatic heterocycles. The number of nitrogens with zero attached hydrogens (tertiary/aromatic N) is 5. The van der Waals surface area contributed by atoms with Crippen LogP contribution in [0.2, 0.25) is 10.2 Å². The number of anilines is 1. The monoisotopic (exact) mass is 447 g/mol. The van der Waals surface area contributed by atoms with Gasteiger partial charge in [-0.2, -0.15) is 9.97 Å². The van der Waals surface area contributed by atoms with Crippen molar-refractivity contribution in [2.24, 2.45) is 11.8 Å². The highest BCUT2D eigenvalue weighted by atomic mass is 35.5. The molecule has 0 spiro atoms. The third-order valence-electron chi connectivity index (χ3n) is 7.74. The van der Waals surface area contributed by atoms with E-state index in [0.29, 0.717) is 23.3 Å². The molecule has 2 atom stereocenters. The highest BCUT2D eigenvalue weighted by molar-refractivity contribution is 6.41. The van der Waals surface area contributed by atoms with Gasteiger partial charge in [0.25, 0.3) is 0 Å². The smallest absolute Gasteiger partial charge is 0.320 e. The standard InChI is InChI=1S/C22H27Cl2N5O/c23-17-10-16-19(25-18(17)24)26-21(30-13-22-5-1-7-29(22)8-2-6-22)27-20(16)28-11-14-3-4-15(9-14)12-28/h10,14-15H,1-9,11-13H2. The van der Waals surface area contributed by atoms with Gasteiger partial charge >= 0.3 is 6.01 Å². The first-order valence-corrected chi connectivity index (χ1v) is 12.0. The maximum atomic E-state index is 6.31. The Morgan fingerprint density at radius 3 is 2.50 bits per heavy atom. The average Bonchev–Trinajstić information content (AvgIpc) is 3.40. The highest BCUT2D eigenvalue weighted by Crippen LogP contribution is 2.41. The minimum atomic E-state index is 0.160. The minimum Gasteiger partial charge on any atom is -0.461 e. The van der Waals surface area contributed by atoms with E-state index in [9.17, 15) is 0 Å². The van der Waals surface area contributed by atoms with Crippen molar-refractivity contribution in [3.05, 3.63) is 16.2 Å². The Kier molecular flexibility index (Phi) is 4.74. The van der Waals surface area contributed by atoms with Crippen LogP contribution in [0.25, 0.3) is 11.0 Å². The molecule has 8 heteroatoms. The van der Waals surface area contributed by atoms with Crippen LogP contribution in [0.1, 0.15) is 44.9 Å². The molecular formula is C22H27Cl2N5O. The van der Waals surface area contributed by atoms with Crippen molar-refractivity contribution in [3.63, 3.8) is 0 Å². The van der Waals surface area contributed by atoms with E-state index < -0.39 is 0 Å². The van der Waals surface area contributed by atoms with E-state index in [2.05, 4.69) is 19.8 Å². The van der Waals surface area contributed by atoms with Crippen LogP contribution >= 0.6 is 23.2 Å². The van der Waals surface area contributed by atoms with Crippen molar-refractivity contribution in [2.45, 2.75) is 50.5 Å². The van der Waals surface area contributed by atoms with E-state index in [1.54, 1.807) is 0 Å². The van der Waals surface area contributed by atoms with Gasteiger partial charge in [0.1, 0.15) is 17.6 Å². The molecule has 2 aromatic heterocycles. The maximum absolute atomic E-state index is 6.31. The van der Waals surface area contributed by atoms with Gasteiger partial charge < -0.3 is 9.64 Å². The Morgan fingerprint density at radius 1 is 1.03 bits per heavy atom. The van der Waals surface area contributed by atoms with Crippen LogP contribution < -0.4 is 9.64 Å². The van der Waals surface area contributed by atoms with Crippen molar-refractivity contribution in [2.75, 3.05) is 37.7 Å². The first-order valence-electron chi connectivity index (χ1n) is 11.3. The SMILES string of the molecule is Clc1cc2c(N3CC4CCC(C4)C3)nc(OCC34CCCN3CCC4)nc2nc1Cl. The molecular weight excluding hydrogens is 421 g/mol. The van der Waals surface area contributed by atoms with Crippen LogP contribution in [0, 0.1) is 11.8 Å². The number of fused-ring (bicyclic) bond motifs is 4. The summed E-state index contributed by atoms with van der Waals surface area (Å²) >= 11 is 12.5. The van der Waals surface area contributed by atoms with Crippen molar-refractivity contribution in [1.82, 2.24) is 19.9 Å². The van der Waals surface area contributed by atoms with Crippen LogP contribution in [0.3, 0.4) is 0 Å². The molecule has 0 radical (unpaired) electrons. The van der Waals surface area contributed by atoms with Gasteiger partial charge in [-0.1, -0.05) is 23.2 Å². The number of hydrogen-bond acceptors (Lipinski definition) is 6. The molecule has 0 aromatic carbocycles. The number of hydrogen-bond donors (Lipinski definition) is 0. The van der Waals surface area contributed by atoms with E-state index in [1.165, 1.54) is 58.0 Å². The molecule has 6 rings (SSSR count).